The fourth-order valence-electron chi connectivity index (χ4n) is 2.36. The number of rotatable bonds is 3. The first-order chi connectivity index (χ1) is 9.20. The number of imidazole rings is 1. The lowest BCUT2D eigenvalue weighted by Crippen LogP contribution is -2.43. The number of carbonyl (C=O) groups is 1. The van der Waals surface area contributed by atoms with Crippen molar-refractivity contribution in [3.05, 3.63) is 29.8 Å². The first-order valence-electron chi connectivity index (χ1n) is 6.25. The molecule has 1 aliphatic heterocycles. The highest BCUT2D eigenvalue weighted by atomic mass is 16.5. The third-order valence-corrected chi connectivity index (χ3v) is 3.48. The normalized spacial score (nSPS) is 15.4. The van der Waals surface area contributed by atoms with Crippen LogP contribution in [0.2, 0.25) is 0 Å². The fourth-order valence-corrected chi connectivity index (χ4v) is 2.36. The molecule has 0 bridgehead atoms. The van der Waals surface area contributed by atoms with Crippen molar-refractivity contribution in [2.24, 2.45) is 5.92 Å². The summed E-state index contributed by atoms with van der Waals surface area (Å²) < 4.78 is 6.66. The summed E-state index contributed by atoms with van der Waals surface area (Å²) in [4.78, 5) is 16.2. The van der Waals surface area contributed by atoms with E-state index in [0.29, 0.717) is 22.8 Å². The molecule has 19 heavy (non-hydrogen) atoms. The number of nitrogens with one attached hydrogen (secondary N) is 1. The van der Waals surface area contributed by atoms with E-state index in [1.807, 2.05) is 16.7 Å². The van der Waals surface area contributed by atoms with Gasteiger partial charge in [0.1, 0.15) is 11.3 Å². The van der Waals surface area contributed by atoms with E-state index in [4.69, 9.17) is 10.5 Å². The van der Waals surface area contributed by atoms with Crippen molar-refractivity contribution in [3.63, 3.8) is 0 Å². The van der Waals surface area contributed by atoms with Crippen LogP contribution in [0.3, 0.4) is 0 Å². The average Bonchev–Trinajstić information content (AvgIpc) is 2.73. The average molecular weight is 260 g/mol. The van der Waals surface area contributed by atoms with Crippen LogP contribution in [0.4, 0.5) is 5.69 Å². The van der Waals surface area contributed by atoms with E-state index in [-0.39, 0.29) is 0 Å². The molecule has 6 nitrogen and oxygen atoms in total. The van der Waals surface area contributed by atoms with E-state index in [9.17, 15) is 4.79 Å². The van der Waals surface area contributed by atoms with Crippen LogP contribution in [0.1, 0.15) is 16.3 Å². The van der Waals surface area contributed by atoms with Gasteiger partial charge in [0.05, 0.1) is 12.8 Å². The van der Waals surface area contributed by atoms with Gasteiger partial charge in [0, 0.05) is 12.6 Å². The van der Waals surface area contributed by atoms with Gasteiger partial charge in [0.25, 0.3) is 0 Å². The van der Waals surface area contributed by atoms with Crippen molar-refractivity contribution in [2.75, 3.05) is 25.9 Å². The van der Waals surface area contributed by atoms with Crippen molar-refractivity contribution < 1.29 is 9.53 Å². The molecule has 3 N–H and O–H groups in total. The molecular formula is C13H16N4O2. The minimum atomic E-state index is -0.451. The molecule has 2 aromatic heterocycles. The van der Waals surface area contributed by atoms with Gasteiger partial charge in [-0.05, 0) is 31.1 Å². The highest BCUT2D eigenvalue weighted by Gasteiger charge is 2.24. The highest BCUT2D eigenvalue weighted by molar-refractivity contribution is 5.98. The number of pyridine rings is 1. The summed E-state index contributed by atoms with van der Waals surface area (Å²) in [6, 6.07) is 3.62. The molecule has 100 valence electrons. The molecule has 2 aromatic rings. The third kappa shape index (κ3) is 1.94. The van der Waals surface area contributed by atoms with Gasteiger partial charge in [-0.2, -0.15) is 0 Å². The molecule has 1 saturated heterocycles. The van der Waals surface area contributed by atoms with E-state index in [1.165, 1.54) is 7.11 Å². The van der Waals surface area contributed by atoms with Crippen molar-refractivity contribution in [3.8, 4) is 0 Å². The van der Waals surface area contributed by atoms with Crippen LogP contribution in [-0.4, -0.2) is 35.6 Å². The van der Waals surface area contributed by atoms with Gasteiger partial charge in [0.15, 0.2) is 5.69 Å². The molecule has 0 aromatic carbocycles. The molecule has 3 rings (SSSR count). The number of anilines is 1. The molecule has 0 unspecified atom stereocenters. The van der Waals surface area contributed by atoms with Crippen LogP contribution < -0.4 is 11.1 Å². The molecule has 0 atom stereocenters. The van der Waals surface area contributed by atoms with Crippen molar-refractivity contribution in [1.82, 2.24) is 14.7 Å². The number of aromatic nitrogens is 2. The number of methoxy groups -OCH3 is 1. The fraction of sp³-hybridized carbons (Fsp3) is 0.385. The molecule has 0 saturated carbocycles. The summed E-state index contributed by atoms with van der Waals surface area (Å²) in [7, 11) is 1.35. The second-order valence-electron chi connectivity index (χ2n) is 4.78. The predicted molar refractivity (Wildman–Crippen MR) is 71.0 cm³/mol. The zero-order valence-corrected chi connectivity index (χ0v) is 10.7. The number of nitrogen functional groups attached to an aromatic ring is 1. The first kappa shape index (κ1) is 12.0. The van der Waals surface area contributed by atoms with Crippen molar-refractivity contribution >= 4 is 17.2 Å². The summed E-state index contributed by atoms with van der Waals surface area (Å²) in [6.07, 6.45) is 2.71. The van der Waals surface area contributed by atoms with Crippen molar-refractivity contribution in [2.45, 2.75) is 6.42 Å². The summed E-state index contributed by atoms with van der Waals surface area (Å²) in [5.41, 5.74) is 7.42. The maximum Gasteiger partial charge on any atom is 0.359 e. The number of fused-ring (bicyclic) bond motifs is 1. The van der Waals surface area contributed by atoms with E-state index in [1.54, 1.807) is 6.07 Å². The van der Waals surface area contributed by atoms with Crippen LogP contribution in [-0.2, 0) is 11.2 Å². The number of hydrogen-bond donors (Lipinski definition) is 2. The number of esters is 1. The number of carbonyl (C=O) groups excluding carboxylic acids is 1. The van der Waals surface area contributed by atoms with Crippen LogP contribution in [0.25, 0.3) is 5.52 Å². The lowest BCUT2D eigenvalue weighted by atomic mass is 9.99. The minimum Gasteiger partial charge on any atom is -0.464 e. The second kappa shape index (κ2) is 4.55. The molecule has 3 heterocycles. The molecule has 0 amide bonds. The molecular weight excluding hydrogens is 244 g/mol. The molecule has 0 aliphatic carbocycles. The number of nitrogens with zero attached hydrogens (tertiary/aromatic N) is 2. The highest BCUT2D eigenvalue weighted by Crippen LogP contribution is 2.22. The van der Waals surface area contributed by atoms with Gasteiger partial charge >= 0.3 is 5.97 Å². The van der Waals surface area contributed by atoms with Gasteiger partial charge in [-0.15, -0.1) is 0 Å². The summed E-state index contributed by atoms with van der Waals surface area (Å²) >= 11 is 0. The summed E-state index contributed by atoms with van der Waals surface area (Å²) in [5, 5.41) is 3.23. The third-order valence-electron chi connectivity index (χ3n) is 3.48. The largest absolute Gasteiger partial charge is 0.464 e. The Morgan fingerprint density at radius 1 is 1.63 bits per heavy atom. The zero-order chi connectivity index (χ0) is 13.4. The Labute approximate surface area is 110 Å². The lowest BCUT2D eigenvalue weighted by molar-refractivity contribution is 0.0596. The second-order valence-corrected chi connectivity index (χ2v) is 4.78. The maximum atomic E-state index is 11.8. The molecule has 0 radical (unpaired) electrons. The Morgan fingerprint density at radius 3 is 3.05 bits per heavy atom. The predicted octanol–water partition coefficient (Wildman–Crippen LogP) is 0.465. The molecule has 1 aliphatic rings. The van der Waals surface area contributed by atoms with Crippen molar-refractivity contribution in [1.29, 1.82) is 0 Å². The summed E-state index contributed by atoms with van der Waals surface area (Å²) in [6.45, 7) is 1.98. The van der Waals surface area contributed by atoms with Gasteiger partial charge in [-0.3, -0.25) is 0 Å². The van der Waals surface area contributed by atoms with Gasteiger partial charge in [-0.25, -0.2) is 9.78 Å². The summed E-state index contributed by atoms with van der Waals surface area (Å²) in [5.74, 6) is 0.972. The number of hydrogen-bond acceptors (Lipinski definition) is 5. The zero-order valence-electron chi connectivity index (χ0n) is 10.7. The Morgan fingerprint density at radius 2 is 2.42 bits per heavy atom. The topological polar surface area (TPSA) is 81.6 Å². The number of nitrogens with two attached hydrogens (primary N) is 1. The van der Waals surface area contributed by atoms with Gasteiger partial charge in [-0.1, -0.05) is 0 Å². The Bertz CT molecular complexity index is 631. The Kier molecular flexibility index (Phi) is 2.87. The minimum absolute atomic E-state index is 0.294. The van der Waals surface area contributed by atoms with E-state index >= 15 is 0 Å². The van der Waals surface area contributed by atoms with Crippen LogP contribution in [0.5, 0.6) is 0 Å². The Balaban J connectivity index is 2.11. The van der Waals surface area contributed by atoms with Crippen LogP contribution >= 0.6 is 0 Å². The molecule has 6 heteroatoms. The van der Waals surface area contributed by atoms with Crippen LogP contribution in [0, 0.1) is 5.92 Å². The molecule has 1 fully saturated rings. The van der Waals surface area contributed by atoms with Gasteiger partial charge < -0.3 is 20.2 Å². The van der Waals surface area contributed by atoms with Crippen LogP contribution in [0.15, 0.2) is 18.3 Å². The van der Waals surface area contributed by atoms with E-state index in [2.05, 4.69) is 10.3 Å². The number of ether oxygens (including phenoxy) is 1. The monoisotopic (exact) mass is 260 g/mol. The van der Waals surface area contributed by atoms with E-state index in [0.717, 1.165) is 25.3 Å². The lowest BCUT2D eigenvalue weighted by Gasteiger charge is -2.26. The van der Waals surface area contributed by atoms with Gasteiger partial charge in [0.2, 0.25) is 0 Å². The maximum absolute atomic E-state index is 11.8. The quantitative estimate of drug-likeness (QED) is 0.784. The smallest absolute Gasteiger partial charge is 0.359 e. The first-order valence-corrected chi connectivity index (χ1v) is 6.25. The van der Waals surface area contributed by atoms with E-state index < -0.39 is 5.97 Å². The SMILES string of the molecule is COC(=O)c1nc(CC2CNC2)n2cccc(N)c12. The Hall–Kier alpha value is -2.08. The standard InChI is InChI=1S/C13H16N4O2/c1-19-13(18)11-12-9(14)3-2-4-17(12)10(16-11)5-8-6-15-7-8/h2-4,8,15H,5-7,14H2,1H3. The molecule has 0 spiro atoms.